The number of rotatable bonds is 3. The summed E-state index contributed by atoms with van der Waals surface area (Å²) in [6, 6.07) is 21.4. The topological polar surface area (TPSA) is 58.7 Å². The molecule has 4 rings (SSSR count). The Morgan fingerprint density at radius 2 is 1.77 bits per heavy atom. The van der Waals surface area contributed by atoms with Gasteiger partial charge in [-0.1, -0.05) is 48.2 Å². The molecule has 3 aromatic carbocycles. The minimum atomic E-state index is -0.0388. The maximum absolute atomic E-state index is 12.8. The summed E-state index contributed by atoms with van der Waals surface area (Å²) in [6.45, 7) is 0. The van der Waals surface area contributed by atoms with Crippen molar-refractivity contribution in [3.8, 4) is 6.07 Å². The first-order valence-corrected chi connectivity index (χ1v) is 9.15. The van der Waals surface area contributed by atoms with Gasteiger partial charge in [0.2, 0.25) is 0 Å². The molecule has 4 nitrogen and oxygen atoms in total. The van der Waals surface area contributed by atoms with Gasteiger partial charge in [0.15, 0.2) is 5.16 Å². The lowest BCUT2D eigenvalue weighted by atomic mass is 10.1. The summed E-state index contributed by atoms with van der Waals surface area (Å²) in [5.74, 6) is 0.686. The van der Waals surface area contributed by atoms with Crippen LogP contribution in [0.5, 0.6) is 0 Å². The normalized spacial score (nSPS) is 10.9. The lowest BCUT2D eigenvalue weighted by Crippen LogP contribution is -2.20. The van der Waals surface area contributed by atoms with Crippen LogP contribution in [0, 0.1) is 11.3 Å². The van der Waals surface area contributed by atoms with Gasteiger partial charge in [-0.3, -0.25) is 9.36 Å². The van der Waals surface area contributed by atoms with Crippen LogP contribution in [0.3, 0.4) is 0 Å². The fourth-order valence-corrected chi connectivity index (χ4v) is 3.82. The number of aromatic nitrogens is 2. The molecule has 4 aromatic rings. The van der Waals surface area contributed by atoms with E-state index in [2.05, 4.69) is 6.07 Å². The molecule has 126 valence electrons. The fraction of sp³-hybridized carbons (Fsp3) is 0.0952. The highest BCUT2D eigenvalue weighted by atomic mass is 32.2. The van der Waals surface area contributed by atoms with E-state index in [1.807, 2.05) is 48.5 Å². The molecule has 5 heteroatoms. The predicted molar refractivity (Wildman–Crippen MR) is 105 cm³/mol. The van der Waals surface area contributed by atoms with Crippen LogP contribution in [0.2, 0.25) is 0 Å². The highest BCUT2D eigenvalue weighted by Crippen LogP contribution is 2.24. The number of benzene rings is 3. The van der Waals surface area contributed by atoms with E-state index in [0.717, 1.165) is 16.3 Å². The molecule has 0 radical (unpaired) electrons. The van der Waals surface area contributed by atoms with Crippen LogP contribution in [0.1, 0.15) is 11.1 Å². The lowest BCUT2D eigenvalue weighted by molar-refractivity contribution is 0.726. The molecule has 0 spiro atoms. The summed E-state index contributed by atoms with van der Waals surface area (Å²) < 4.78 is 1.60. The summed E-state index contributed by atoms with van der Waals surface area (Å²) in [5, 5.41) is 12.3. The van der Waals surface area contributed by atoms with Gasteiger partial charge in [0.1, 0.15) is 0 Å². The second kappa shape index (κ2) is 6.66. The van der Waals surface area contributed by atoms with E-state index in [0.29, 0.717) is 27.4 Å². The Balaban J connectivity index is 1.72. The highest BCUT2D eigenvalue weighted by molar-refractivity contribution is 7.98. The smallest absolute Gasteiger partial charge is 0.261 e. The van der Waals surface area contributed by atoms with E-state index in [-0.39, 0.29) is 5.56 Å². The van der Waals surface area contributed by atoms with E-state index in [1.54, 1.807) is 23.7 Å². The standard InChI is InChI=1S/C21H15N3OS/c1-24-20(25)18-10-16-4-2-3-5-17(16)11-19(18)23-21(24)26-13-15-8-6-14(12-22)7-9-15/h2-11H,13H2,1H3. The molecular formula is C21H15N3OS. The van der Waals surface area contributed by atoms with Crippen molar-refractivity contribution in [3.05, 3.63) is 82.1 Å². The SMILES string of the molecule is Cn1c(SCc2ccc(C#N)cc2)nc2cc3ccccc3cc2c1=O. The summed E-state index contributed by atoms with van der Waals surface area (Å²) in [7, 11) is 1.76. The van der Waals surface area contributed by atoms with Gasteiger partial charge in [-0.25, -0.2) is 4.98 Å². The van der Waals surface area contributed by atoms with Crippen molar-refractivity contribution in [2.75, 3.05) is 0 Å². The Morgan fingerprint density at radius 1 is 1.08 bits per heavy atom. The fourth-order valence-electron chi connectivity index (χ4n) is 2.89. The van der Waals surface area contributed by atoms with Gasteiger partial charge in [-0.05, 0) is 40.6 Å². The van der Waals surface area contributed by atoms with Gasteiger partial charge in [-0.2, -0.15) is 5.26 Å². The van der Waals surface area contributed by atoms with Gasteiger partial charge in [0, 0.05) is 12.8 Å². The van der Waals surface area contributed by atoms with Crippen LogP contribution in [0.25, 0.3) is 21.7 Å². The Hall–Kier alpha value is -3.10. The Kier molecular flexibility index (Phi) is 4.19. The molecular weight excluding hydrogens is 342 g/mol. The van der Waals surface area contributed by atoms with Crippen molar-refractivity contribution in [1.29, 1.82) is 5.26 Å². The minimum absolute atomic E-state index is 0.0388. The zero-order valence-electron chi connectivity index (χ0n) is 14.1. The van der Waals surface area contributed by atoms with Crippen LogP contribution in [0.15, 0.2) is 70.6 Å². The zero-order valence-corrected chi connectivity index (χ0v) is 15.0. The first-order chi connectivity index (χ1) is 12.7. The van der Waals surface area contributed by atoms with Gasteiger partial charge in [-0.15, -0.1) is 0 Å². The van der Waals surface area contributed by atoms with Crippen LogP contribution in [-0.2, 0) is 12.8 Å². The second-order valence-corrected chi connectivity index (χ2v) is 7.01. The molecule has 0 N–H and O–H groups in total. The number of hydrogen-bond donors (Lipinski definition) is 0. The van der Waals surface area contributed by atoms with E-state index in [4.69, 9.17) is 10.2 Å². The van der Waals surface area contributed by atoms with Crippen LogP contribution in [0.4, 0.5) is 0 Å². The van der Waals surface area contributed by atoms with Crippen LogP contribution < -0.4 is 5.56 Å². The van der Waals surface area contributed by atoms with Crippen molar-refractivity contribution >= 4 is 33.4 Å². The van der Waals surface area contributed by atoms with Crippen molar-refractivity contribution in [2.45, 2.75) is 10.9 Å². The Bertz CT molecular complexity index is 1220. The van der Waals surface area contributed by atoms with Gasteiger partial charge in [0.05, 0.1) is 22.5 Å². The highest BCUT2D eigenvalue weighted by Gasteiger charge is 2.10. The predicted octanol–water partition coefficient (Wildman–Crippen LogP) is 4.25. The third-order valence-electron chi connectivity index (χ3n) is 4.35. The average molecular weight is 357 g/mol. The maximum atomic E-state index is 12.8. The lowest BCUT2D eigenvalue weighted by Gasteiger charge is -2.10. The molecule has 0 aliphatic rings. The minimum Gasteiger partial charge on any atom is -0.290 e. The molecule has 0 fully saturated rings. The van der Waals surface area contributed by atoms with E-state index in [1.165, 1.54) is 11.8 Å². The van der Waals surface area contributed by atoms with E-state index in [9.17, 15) is 4.79 Å². The molecule has 0 aliphatic carbocycles. The number of fused-ring (bicyclic) bond motifs is 2. The largest absolute Gasteiger partial charge is 0.290 e. The van der Waals surface area contributed by atoms with Crippen molar-refractivity contribution < 1.29 is 0 Å². The van der Waals surface area contributed by atoms with Crippen molar-refractivity contribution in [2.24, 2.45) is 7.05 Å². The van der Waals surface area contributed by atoms with Crippen LogP contribution >= 0.6 is 11.8 Å². The quantitative estimate of drug-likeness (QED) is 0.312. The molecule has 1 aromatic heterocycles. The molecule has 26 heavy (non-hydrogen) atoms. The molecule has 0 bridgehead atoms. The summed E-state index contributed by atoms with van der Waals surface area (Å²) in [5.41, 5.74) is 2.40. The van der Waals surface area contributed by atoms with Gasteiger partial charge in [0.25, 0.3) is 5.56 Å². The third kappa shape index (κ3) is 2.96. The van der Waals surface area contributed by atoms with E-state index < -0.39 is 0 Å². The molecule has 1 heterocycles. The molecule has 0 unspecified atom stereocenters. The van der Waals surface area contributed by atoms with Crippen molar-refractivity contribution in [3.63, 3.8) is 0 Å². The molecule has 0 atom stereocenters. The third-order valence-corrected chi connectivity index (χ3v) is 5.45. The van der Waals surface area contributed by atoms with Gasteiger partial charge >= 0.3 is 0 Å². The number of nitrogens with zero attached hydrogens (tertiary/aromatic N) is 3. The summed E-state index contributed by atoms with van der Waals surface area (Å²) in [6.07, 6.45) is 0. The molecule has 0 amide bonds. The maximum Gasteiger partial charge on any atom is 0.261 e. The number of hydrogen-bond acceptors (Lipinski definition) is 4. The average Bonchev–Trinajstić information content (AvgIpc) is 2.69. The molecule has 0 aliphatic heterocycles. The summed E-state index contributed by atoms with van der Waals surface area (Å²) >= 11 is 1.52. The molecule has 0 saturated carbocycles. The second-order valence-electron chi connectivity index (χ2n) is 6.07. The number of nitriles is 1. The van der Waals surface area contributed by atoms with Crippen LogP contribution in [-0.4, -0.2) is 9.55 Å². The summed E-state index contributed by atoms with van der Waals surface area (Å²) in [4.78, 5) is 17.5. The first-order valence-electron chi connectivity index (χ1n) is 8.17. The monoisotopic (exact) mass is 357 g/mol. The molecule has 0 saturated heterocycles. The first kappa shape index (κ1) is 16.4. The van der Waals surface area contributed by atoms with Crippen molar-refractivity contribution in [1.82, 2.24) is 9.55 Å². The number of thioether (sulfide) groups is 1. The van der Waals surface area contributed by atoms with E-state index >= 15 is 0 Å². The Morgan fingerprint density at radius 3 is 2.46 bits per heavy atom. The Labute approximate surface area is 154 Å². The van der Waals surface area contributed by atoms with Gasteiger partial charge < -0.3 is 0 Å². The zero-order chi connectivity index (χ0) is 18.1.